The van der Waals surface area contributed by atoms with E-state index < -0.39 is 11.8 Å². The molecule has 1 heterocycles. The second-order valence-electron chi connectivity index (χ2n) is 4.17. The molecule has 2 aromatic rings. The maximum absolute atomic E-state index is 13.9. The predicted octanol–water partition coefficient (Wildman–Crippen LogP) is 2.55. The van der Waals surface area contributed by atoms with E-state index in [1.54, 1.807) is 31.3 Å². The van der Waals surface area contributed by atoms with Crippen molar-refractivity contribution in [2.75, 3.05) is 0 Å². The molecule has 0 aliphatic heterocycles. The summed E-state index contributed by atoms with van der Waals surface area (Å²) in [5.74, 6) is -1.66. The molecular weight excluding hydrogens is 247 g/mol. The van der Waals surface area contributed by atoms with E-state index in [9.17, 15) is 9.18 Å². The molecule has 5 heteroatoms. The lowest BCUT2D eigenvalue weighted by molar-refractivity contribution is 0.0685. The van der Waals surface area contributed by atoms with Crippen LogP contribution in [0.1, 0.15) is 27.2 Å². The van der Waals surface area contributed by atoms with Gasteiger partial charge in [0.1, 0.15) is 17.6 Å². The van der Waals surface area contributed by atoms with Crippen LogP contribution in [-0.4, -0.2) is 15.6 Å². The molecule has 1 N–H and O–H groups in total. The Morgan fingerprint density at radius 1 is 1.47 bits per heavy atom. The normalized spacial score (nSPS) is 10.2. The summed E-state index contributed by atoms with van der Waals surface area (Å²) in [5.41, 5.74) is 0.988. The van der Waals surface area contributed by atoms with Gasteiger partial charge >= 0.3 is 5.97 Å². The zero-order valence-electron chi connectivity index (χ0n) is 10.2. The molecule has 0 amide bonds. The summed E-state index contributed by atoms with van der Waals surface area (Å²) in [6.45, 7) is 1.76. The number of carbonyl (C=O) groups is 1. The fourth-order valence-electron chi connectivity index (χ4n) is 1.98. The molecule has 2 rings (SSSR count). The van der Waals surface area contributed by atoms with E-state index in [0.717, 1.165) is 0 Å². The summed E-state index contributed by atoms with van der Waals surface area (Å²) >= 11 is 0. The van der Waals surface area contributed by atoms with E-state index in [-0.39, 0.29) is 23.4 Å². The highest BCUT2D eigenvalue weighted by Crippen LogP contribution is 2.17. The van der Waals surface area contributed by atoms with E-state index in [1.165, 1.54) is 16.7 Å². The van der Waals surface area contributed by atoms with E-state index in [4.69, 9.17) is 10.4 Å². The molecule has 0 aliphatic carbocycles. The zero-order chi connectivity index (χ0) is 14.0. The van der Waals surface area contributed by atoms with Crippen molar-refractivity contribution < 1.29 is 14.3 Å². The van der Waals surface area contributed by atoms with Crippen molar-refractivity contribution >= 4 is 5.97 Å². The Morgan fingerprint density at radius 3 is 2.84 bits per heavy atom. The molecular formula is C14H11FN2O2. The van der Waals surface area contributed by atoms with Gasteiger partial charge in [0.05, 0.1) is 12.1 Å². The van der Waals surface area contributed by atoms with E-state index in [0.29, 0.717) is 5.56 Å². The highest BCUT2D eigenvalue weighted by atomic mass is 19.1. The van der Waals surface area contributed by atoms with Crippen LogP contribution in [0, 0.1) is 24.1 Å². The zero-order valence-corrected chi connectivity index (χ0v) is 10.2. The highest BCUT2D eigenvalue weighted by molar-refractivity contribution is 5.87. The van der Waals surface area contributed by atoms with Crippen LogP contribution in [0.15, 0.2) is 30.5 Å². The summed E-state index contributed by atoms with van der Waals surface area (Å²) < 4.78 is 15.4. The summed E-state index contributed by atoms with van der Waals surface area (Å²) in [6, 6.07) is 7.93. The van der Waals surface area contributed by atoms with Gasteiger partial charge < -0.3 is 9.67 Å². The number of carboxylic acid groups (broad SMARTS) is 1. The number of carboxylic acids is 1. The Kier molecular flexibility index (Phi) is 3.34. The number of nitrogens with zero attached hydrogens (tertiary/aromatic N) is 2. The monoisotopic (exact) mass is 258 g/mol. The second-order valence-corrected chi connectivity index (χ2v) is 4.17. The largest absolute Gasteiger partial charge is 0.477 e. The molecule has 1 aromatic heterocycles. The standard InChI is InChI=1S/C14H11FN2O2/c1-9-5-6-17(13(9)14(18)19)8-11-4-2-3-10(7-16)12(11)15/h2-6H,8H2,1H3,(H,18,19). The molecule has 19 heavy (non-hydrogen) atoms. The molecule has 96 valence electrons. The Balaban J connectivity index is 2.43. The molecule has 1 aromatic carbocycles. The Hall–Kier alpha value is -2.61. The lowest BCUT2D eigenvalue weighted by Gasteiger charge is -2.08. The van der Waals surface area contributed by atoms with Gasteiger partial charge in [-0.3, -0.25) is 0 Å². The van der Waals surface area contributed by atoms with Crippen molar-refractivity contribution in [2.45, 2.75) is 13.5 Å². The lowest BCUT2D eigenvalue weighted by Crippen LogP contribution is -2.11. The number of hydrogen-bond donors (Lipinski definition) is 1. The quantitative estimate of drug-likeness (QED) is 0.920. The van der Waals surface area contributed by atoms with Crippen molar-refractivity contribution in [3.05, 3.63) is 58.7 Å². The molecule has 0 atom stereocenters. The maximum Gasteiger partial charge on any atom is 0.352 e. The van der Waals surface area contributed by atoms with Gasteiger partial charge in [-0.05, 0) is 24.6 Å². The number of halogens is 1. The molecule has 4 nitrogen and oxygen atoms in total. The molecule has 0 unspecified atom stereocenters. The number of hydrogen-bond acceptors (Lipinski definition) is 2. The van der Waals surface area contributed by atoms with Gasteiger partial charge in [0, 0.05) is 11.8 Å². The minimum atomic E-state index is -1.06. The second kappa shape index (κ2) is 4.94. The number of aryl methyl sites for hydroxylation is 1. The number of aromatic carboxylic acids is 1. The molecule has 0 radical (unpaired) electrons. The summed E-state index contributed by atoms with van der Waals surface area (Å²) in [6.07, 6.45) is 1.59. The van der Waals surface area contributed by atoms with E-state index in [2.05, 4.69) is 0 Å². The smallest absolute Gasteiger partial charge is 0.352 e. The van der Waals surface area contributed by atoms with Crippen LogP contribution < -0.4 is 0 Å². The van der Waals surface area contributed by atoms with E-state index in [1.807, 2.05) is 0 Å². The predicted molar refractivity (Wildman–Crippen MR) is 66.3 cm³/mol. The number of rotatable bonds is 3. The van der Waals surface area contributed by atoms with Crippen LogP contribution in [-0.2, 0) is 6.54 Å². The summed E-state index contributed by atoms with van der Waals surface area (Å²) in [7, 11) is 0. The minimum Gasteiger partial charge on any atom is -0.477 e. The van der Waals surface area contributed by atoms with Crippen LogP contribution in [0.3, 0.4) is 0 Å². The van der Waals surface area contributed by atoms with Crippen LogP contribution >= 0.6 is 0 Å². The first-order valence-corrected chi connectivity index (χ1v) is 5.61. The van der Waals surface area contributed by atoms with Gasteiger partial charge in [0.15, 0.2) is 0 Å². The molecule has 0 saturated carbocycles. The summed E-state index contributed by atoms with van der Waals surface area (Å²) in [5, 5.41) is 17.9. The average molecular weight is 258 g/mol. The number of benzene rings is 1. The Morgan fingerprint density at radius 2 is 2.21 bits per heavy atom. The van der Waals surface area contributed by atoms with Gasteiger partial charge in [-0.25, -0.2) is 9.18 Å². The highest BCUT2D eigenvalue weighted by Gasteiger charge is 2.15. The van der Waals surface area contributed by atoms with Gasteiger partial charge in [-0.2, -0.15) is 5.26 Å². The average Bonchev–Trinajstić information content (AvgIpc) is 2.73. The fraction of sp³-hybridized carbons (Fsp3) is 0.143. The molecule has 0 saturated heterocycles. The fourth-order valence-corrected chi connectivity index (χ4v) is 1.98. The molecule has 0 bridgehead atoms. The van der Waals surface area contributed by atoms with Gasteiger partial charge in [-0.1, -0.05) is 12.1 Å². The SMILES string of the molecule is Cc1ccn(Cc2cccc(C#N)c2F)c1C(=O)O. The Bertz CT molecular complexity index is 683. The van der Waals surface area contributed by atoms with Gasteiger partial charge in [0.2, 0.25) is 0 Å². The molecule has 0 fully saturated rings. The first-order valence-electron chi connectivity index (χ1n) is 5.61. The topological polar surface area (TPSA) is 66.0 Å². The molecule has 0 aliphatic rings. The number of nitriles is 1. The van der Waals surface area contributed by atoms with Crippen LogP contribution in [0.5, 0.6) is 0 Å². The van der Waals surface area contributed by atoms with E-state index >= 15 is 0 Å². The van der Waals surface area contributed by atoms with Crippen molar-refractivity contribution in [1.29, 1.82) is 5.26 Å². The Labute approximate surface area is 109 Å². The number of aromatic nitrogens is 1. The van der Waals surface area contributed by atoms with Gasteiger partial charge in [-0.15, -0.1) is 0 Å². The third kappa shape index (κ3) is 2.33. The maximum atomic E-state index is 13.9. The van der Waals surface area contributed by atoms with Crippen LogP contribution in [0.4, 0.5) is 4.39 Å². The van der Waals surface area contributed by atoms with Gasteiger partial charge in [0.25, 0.3) is 0 Å². The van der Waals surface area contributed by atoms with Crippen molar-refractivity contribution in [3.8, 4) is 6.07 Å². The summed E-state index contributed by atoms with van der Waals surface area (Å²) in [4.78, 5) is 11.1. The third-order valence-corrected chi connectivity index (χ3v) is 2.91. The van der Waals surface area contributed by atoms with Crippen molar-refractivity contribution in [3.63, 3.8) is 0 Å². The van der Waals surface area contributed by atoms with Crippen LogP contribution in [0.2, 0.25) is 0 Å². The molecule has 0 spiro atoms. The third-order valence-electron chi connectivity index (χ3n) is 2.91. The minimum absolute atomic E-state index is 0.0433. The van der Waals surface area contributed by atoms with Crippen molar-refractivity contribution in [1.82, 2.24) is 4.57 Å². The lowest BCUT2D eigenvalue weighted by atomic mass is 10.1. The first kappa shape index (κ1) is 12.8. The first-order chi connectivity index (χ1) is 9.04. The van der Waals surface area contributed by atoms with Crippen LogP contribution in [0.25, 0.3) is 0 Å². The van der Waals surface area contributed by atoms with Crippen molar-refractivity contribution in [2.24, 2.45) is 0 Å².